The van der Waals surface area contributed by atoms with Crippen molar-refractivity contribution in [3.63, 3.8) is 0 Å². The molecular weight excluding hydrogens is 450 g/mol. The minimum atomic E-state index is -0.0549. The second-order valence-electron chi connectivity index (χ2n) is 9.18. The lowest BCUT2D eigenvalue weighted by atomic mass is 10.1. The number of hydrogen-bond donors (Lipinski definition) is 2. The van der Waals surface area contributed by atoms with Gasteiger partial charge >= 0.3 is 0 Å². The highest BCUT2D eigenvalue weighted by Gasteiger charge is 2.21. The molecule has 1 amide bonds. The molecule has 1 fully saturated rings. The molecule has 7 heteroatoms. The van der Waals surface area contributed by atoms with Crippen LogP contribution in [0.5, 0.6) is 5.75 Å². The van der Waals surface area contributed by atoms with Gasteiger partial charge in [-0.1, -0.05) is 48.9 Å². The van der Waals surface area contributed by atoms with E-state index in [2.05, 4.69) is 32.5 Å². The number of aromatic amines is 1. The fourth-order valence-corrected chi connectivity index (χ4v) is 4.71. The molecule has 0 atom stereocenters. The topological polar surface area (TPSA) is 73.5 Å². The van der Waals surface area contributed by atoms with E-state index in [9.17, 15) is 4.79 Å². The number of H-pyrrole nitrogens is 1. The Kier molecular flexibility index (Phi) is 7.47. The fraction of sp³-hybridized carbons (Fsp3) is 0.310. The normalized spacial score (nSPS) is 14.0. The predicted molar refractivity (Wildman–Crippen MR) is 144 cm³/mol. The number of ether oxygens (including phenoxy) is 1. The average molecular weight is 484 g/mol. The van der Waals surface area contributed by atoms with Crippen molar-refractivity contribution in [3.05, 3.63) is 83.9 Å². The van der Waals surface area contributed by atoms with E-state index in [4.69, 9.17) is 4.74 Å². The average Bonchev–Trinajstić information content (AvgIpc) is 3.33. The lowest BCUT2D eigenvalue weighted by Crippen LogP contribution is -2.46. The van der Waals surface area contributed by atoms with Gasteiger partial charge in [0, 0.05) is 30.7 Å². The minimum absolute atomic E-state index is 0.0549. The molecule has 0 aliphatic carbocycles. The summed E-state index contributed by atoms with van der Waals surface area (Å²) in [6, 6.07) is 23.7. The Morgan fingerprint density at radius 2 is 1.78 bits per heavy atom. The number of rotatable bonds is 9. The fourth-order valence-electron chi connectivity index (χ4n) is 4.71. The third kappa shape index (κ3) is 5.69. The maximum Gasteiger partial charge on any atom is 0.228 e. The van der Waals surface area contributed by atoms with Crippen LogP contribution in [0.2, 0.25) is 0 Å². The summed E-state index contributed by atoms with van der Waals surface area (Å²) in [6.45, 7) is 5.62. The molecule has 0 bridgehead atoms. The van der Waals surface area contributed by atoms with Crippen molar-refractivity contribution in [2.75, 3.05) is 30.0 Å². The molecule has 1 saturated heterocycles. The van der Waals surface area contributed by atoms with Crippen molar-refractivity contribution < 1.29 is 9.53 Å². The van der Waals surface area contributed by atoms with Crippen molar-refractivity contribution in [1.82, 2.24) is 15.2 Å². The van der Waals surface area contributed by atoms with E-state index in [1.54, 1.807) is 0 Å². The Morgan fingerprint density at radius 3 is 2.53 bits per heavy atom. The number of hydrogen-bond acceptors (Lipinski definition) is 5. The SMILES string of the molecule is CCN(c1n[nH]c2ccc(NC(=O)Cc3ccc(OCc4ccccc4)cc3)cc12)N1CCCCC1. The molecule has 0 saturated carbocycles. The number of nitrogens with zero attached hydrogens (tertiary/aromatic N) is 3. The first-order valence-electron chi connectivity index (χ1n) is 12.8. The molecule has 1 aliphatic rings. The molecule has 0 unspecified atom stereocenters. The first-order chi connectivity index (χ1) is 17.7. The van der Waals surface area contributed by atoms with Gasteiger partial charge in [0.25, 0.3) is 0 Å². The first kappa shape index (κ1) is 23.9. The van der Waals surface area contributed by atoms with Crippen LogP contribution in [-0.4, -0.2) is 40.7 Å². The Hall–Kier alpha value is -3.84. The monoisotopic (exact) mass is 483 g/mol. The summed E-state index contributed by atoms with van der Waals surface area (Å²) in [7, 11) is 0. The number of fused-ring (bicyclic) bond motifs is 1. The van der Waals surface area contributed by atoms with Crippen molar-refractivity contribution in [2.24, 2.45) is 0 Å². The summed E-state index contributed by atoms with van der Waals surface area (Å²) in [4.78, 5) is 12.8. The molecule has 5 rings (SSSR count). The highest BCUT2D eigenvalue weighted by atomic mass is 16.5. The highest BCUT2D eigenvalue weighted by molar-refractivity contribution is 5.97. The molecule has 0 spiro atoms. The van der Waals surface area contributed by atoms with E-state index in [1.807, 2.05) is 72.8 Å². The molecule has 1 aromatic heterocycles. The zero-order valence-corrected chi connectivity index (χ0v) is 20.7. The number of benzene rings is 3. The largest absolute Gasteiger partial charge is 0.489 e. The summed E-state index contributed by atoms with van der Waals surface area (Å²) < 4.78 is 5.85. The van der Waals surface area contributed by atoms with E-state index in [1.165, 1.54) is 19.3 Å². The lowest BCUT2D eigenvalue weighted by molar-refractivity contribution is -0.115. The summed E-state index contributed by atoms with van der Waals surface area (Å²) in [5, 5.41) is 16.5. The van der Waals surface area contributed by atoms with Crippen LogP contribution in [0.25, 0.3) is 10.9 Å². The van der Waals surface area contributed by atoms with Gasteiger partial charge < -0.3 is 10.1 Å². The lowest BCUT2D eigenvalue weighted by Gasteiger charge is -2.37. The molecule has 7 nitrogen and oxygen atoms in total. The maximum absolute atomic E-state index is 12.8. The van der Waals surface area contributed by atoms with Crippen LogP contribution in [0.3, 0.4) is 0 Å². The number of amides is 1. The quantitative estimate of drug-likeness (QED) is 0.327. The Balaban J connectivity index is 1.21. The van der Waals surface area contributed by atoms with E-state index >= 15 is 0 Å². The van der Waals surface area contributed by atoms with Crippen LogP contribution in [-0.2, 0) is 17.8 Å². The number of aromatic nitrogens is 2. The van der Waals surface area contributed by atoms with Gasteiger partial charge in [-0.3, -0.25) is 14.9 Å². The van der Waals surface area contributed by atoms with Crippen molar-refractivity contribution in [2.45, 2.75) is 39.2 Å². The van der Waals surface area contributed by atoms with Crippen LogP contribution in [0.15, 0.2) is 72.8 Å². The molecule has 4 aromatic rings. The van der Waals surface area contributed by atoms with Crippen molar-refractivity contribution in [1.29, 1.82) is 0 Å². The molecule has 1 aliphatic heterocycles. The number of nitrogens with one attached hydrogen (secondary N) is 2. The van der Waals surface area contributed by atoms with E-state index in [0.717, 1.165) is 58.9 Å². The van der Waals surface area contributed by atoms with Gasteiger partial charge in [0.1, 0.15) is 12.4 Å². The van der Waals surface area contributed by atoms with Gasteiger partial charge in [-0.15, -0.1) is 0 Å². The van der Waals surface area contributed by atoms with E-state index < -0.39 is 0 Å². The smallest absolute Gasteiger partial charge is 0.228 e. The van der Waals surface area contributed by atoms with Gasteiger partial charge in [0.15, 0.2) is 5.82 Å². The predicted octanol–water partition coefficient (Wildman–Crippen LogP) is 5.55. The van der Waals surface area contributed by atoms with Gasteiger partial charge in [0.2, 0.25) is 5.91 Å². The van der Waals surface area contributed by atoms with Gasteiger partial charge in [-0.2, -0.15) is 5.10 Å². The van der Waals surface area contributed by atoms with Crippen LogP contribution in [0, 0.1) is 0 Å². The van der Waals surface area contributed by atoms with Crippen LogP contribution in [0.1, 0.15) is 37.3 Å². The molecule has 2 heterocycles. The zero-order chi connectivity index (χ0) is 24.7. The molecule has 3 aromatic carbocycles. The Labute approximate surface area is 212 Å². The number of anilines is 2. The first-order valence-corrected chi connectivity index (χ1v) is 12.8. The second kappa shape index (κ2) is 11.3. The Morgan fingerprint density at radius 1 is 1.00 bits per heavy atom. The summed E-state index contributed by atoms with van der Waals surface area (Å²) in [5.41, 5.74) is 3.79. The second-order valence-corrected chi connectivity index (χ2v) is 9.18. The third-order valence-corrected chi connectivity index (χ3v) is 6.58. The van der Waals surface area contributed by atoms with Crippen LogP contribution < -0.4 is 15.1 Å². The van der Waals surface area contributed by atoms with E-state index in [0.29, 0.717) is 13.0 Å². The summed E-state index contributed by atoms with van der Waals surface area (Å²) >= 11 is 0. The minimum Gasteiger partial charge on any atom is -0.489 e. The summed E-state index contributed by atoms with van der Waals surface area (Å²) in [5.74, 6) is 1.65. The molecule has 36 heavy (non-hydrogen) atoms. The molecule has 186 valence electrons. The number of piperidine rings is 1. The number of carbonyl (C=O) groups is 1. The van der Waals surface area contributed by atoms with Gasteiger partial charge in [0.05, 0.1) is 11.9 Å². The van der Waals surface area contributed by atoms with E-state index in [-0.39, 0.29) is 5.91 Å². The van der Waals surface area contributed by atoms with Crippen molar-refractivity contribution >= 4 is 28.3 Å². The van der Waals surface area contributed by atoms with Gasteiger partial charge in [-0.25, -0.2) is 5.01 Å². The zero-order valence-electron chi connectivity index (χ0n) is 20.7. The Bertz CT molecular complexity index is 1280. The maximum atomic E-state index is 12.8. The van der Waals surface area contributed by atoms with Gasteiger partial charge in [-0.05, 0) is 61.2 Å². The van der Waals surface area contributed by atoms with Crippen LogP contribution in [0.4, 0.5) is 11.5 Å². The summed E-state index contributed by atoms with van der Waals surface area (Å²) in [6.07, 6.45) is 4.00. The third-order valence-electron chi connectivity index (χ3n) is 6.58. The number of carbonyl (C=O) groups excluding carboxylic acids is 1. The number of hydrazine groups is 1. The molecule has 0 radical (unpaired) electrons. The van der Waals surface area contributed by atoms with Crippen molar-refractivity contribution in [3.8, 4) is 5.75 Å². The molecular formula is C29H33N5O2. The standard InChI is InChI=1S/C29H33N5O2/c1-2-34(33-17-7-4-8-18-33)29-26-20-24(13-16-27(26)31-32-29)30-28(35)19-22-11-14-25(15-12-22)36-21-23-9-5-3-6-10-23/h3,5-6,9-16,20H,2,4,7-8,17-19,21H2,1H3,(H,30,35)(H,31,32). The molecule has 2 N–H and O–H groups in total. The van der Waals surface area contributed by atoms with Crippen LogP contribution >= 0.6 is 0 Å². The highest BCUT2D eigenvalue weighted by Crippen LogP contribution is 2.29.